The Morgan fingerprint density at radius 3 is 2.28 bits per heavy atom. The molecule has 2 aromatic heterocycles. The highest BCUT2D eigenvalue weighted by Gasteiger charge is 2.46. The maximum absolute atomic E-state index is 12.2. The highest BCUT2D eigenvalue weighted by molar-refractivity contribution is 7.69. The number of aromatic amines is 1. The topological polar surface area (TPSA) is 326 Å². The number of fused-ring (bicyclic) bond motifs is 1. The maximum atomic E-state index is 12.2. The molecule has 0 aliphatic carbocycles. The SMILES string of the molecule is CNCCCCCCOP(=O)(O)OP(=O)(O)OP(=O)(O)OP(=O)(O)OCC1OC(n2cnc3c(=O)[nH]c(N)nc32)CC1O. The average Bonchev–Trinajstić information content (AvgIpc) is 3.43. The van der Waals surface area contributed by atoms with Gasteiger partial charge in [-0.1, -0.05) is 12.8 Å². The van der Waals surface area contributed by atoms with Gasteiger partial charge in [0.05, 0.1) is 25.6 Å². The van der Waals surface area contributed by atoms with E-state index in [1.807, 2.05) is 0 Å². The summed E-state index contributed by atoms with van der Waals surface area (Å²) >= 11 is 0. The van der Waals surface area contributed by atoms with Crippen LogP contribution in [0.1, 0.15) is 38.3 Å². The summed E-state index contributed by atoms with van der Waals surface area (Å²) < 4.78 is 75.8. The quantitative estimate of drug-likeness (QED) is 0.0780. The van der Waals surface area contributed by atoms with Crippen molar-refractivity contribution in [2.45, 2.75) is 50.5 Å². The molecular formula is C17H32N6O16P4. The van der Waals surface area contributed by atoms with Crippen molar-refractivity contribution in [2.75, 3.05) is 32.5 Å². The van der Waals surface area contributed by atoms with Crippen LogP contribution >= 0.6 is 31.3 Å². The Kier molecular flexibility index (Phi) is 12.4. The molecule has 0 amide bonds. The van der Waals surface area contributed by atoms with E-state index in [0.717, 1.165) is 19.4 Å². The van der Waals surface area contributed by atoms with Crippen molar-refractivity contribution in [1.29, 1.82) is 0 Å². The highest BCUT2D eigenvalue weighted by Crippen LogP contribution is 2.71. The van der Waals surface area contributed by atoms with Gasteiger partial charge in [0, 0.05) is 6.42 Å². The average molecular weight is 700 g/mol. The van der Waals surface area contributed by atoms with E-state index >= 15 is 0 Å². The van der Waals surface area contributed by atoms with E-state index in [0.29, 0.717) is 6.42 Å². The molecule has 9 N–H and O–H groups in total. The second-order valence-electron chi connectivity index (χ2n) is 8.97. The Balaban J connectivity index is 1.51. The molecule has 2 aromatic rings. The summed E-state index contributed by atoms with van der Waals surface area (Å²) in [6.07, 6.45) is -0.150. The van der Waals surface area contributed by atoms with Crippen LogP contribution in [0.5, 0.6) is 0 Å². The molecule has 22 nitrogen and oxygen atoms in total. The van der Waals surface area contributed by atoms with Crippen molar-refractivity contribution >= 4 is 48.4 Å². The lowest BCUT2D eigenvalue weighted by Gasteiger charge is -2.21. The van der Waals surface area contributed by atoms with E-state index < -0.39 is 61.9 Å². The molecule has 1 saturated heterocycles. The second kappa shape index (κ2) is 14.8. The number of unbranched alkanes of at least 4 members (excludes halogenated alkanes) is 3. The van der Waals surface area contributed by atoms with Crippen LogP contribution in [0.2, 0.25) is 0 Å². The molecule has 1 fully saturated rings. The van der Waals surface area contributed by atoms with Gasteiger partial charge in [-0.2, -0.15) is 17.9 Å². The smallest absolute Gasteiger partial charge is 0.390 e. The van der Waals surface area contributed by atoms with E-state index in [2.05, 4.69) is 42.2 Å². The van der Waals surface area contributed by atoms with Gasteiger partial charge in [-0.05, 0) is 26.4 Å². The molecule has 3 heterocycles. The van der Waals surface area contributed by atoms with E-state index in [9.17, 15) is 47.7 Å². The number of phosphoric ester groups is 2. The molecule has 246 valence electrons. The van der Waals surface area contributed by atoms with Gasteiger partial charge in [0.2, 0.25) is 5.95 Å². The molecule has 26 heteroatoms. The molecule has 0 spiro atoms. The third-order valence-electron chi connectivity index (χ3n) is 5.56. The number of nitrogen functional groups attached to an aromatic ring is 1. The van der Waals surface area contributed by atoms with Gasteiger partial charge in [-0.15, -0.1) is 0 Å². The third-order valence-corrected chi connectivity index (χ3v) is 11.5. The zero-order valence-corrected chi connectivity index (χ0v) is 26.0. The number of nitrogens with two attached hydrogens (primary N) is 1. The van der Waals surface area contributed by atoms with Gasteiger partial charge in [0.25, 0.3) is 5.56 Å². The Hall–Kier alpha value is -1.41. The van der Waals surface area contributed by atoms with Crippen molar-refractivity contribution in [3.05, 3.63) is 16.7 Å². The first-order chi connectivity index (χ1) is 19.9. The highest BCUT2D eigenvalue weighted by atomic mass is 31.3. The van der Waals surface area contributed by atoms with Crippen LogP contribution in [-0.2, 0) is 45.0 Å². The molecular weight excluding hydrogens is 668 g/mol. The fourth-order valence-corrected chi connectivity index (χ4v) is 8.74. The standard InChI is InChI=1S/C17H32N6O16P4/c1-19-6-4-2-3-5-7-34-40(26,27)37-42(30,31)39-43(32,33)38-41(28,29)35-9-12-11(24)8-13(36-12)23-10-20-14-15(23)21-17(18)22-16(14)25/h10-13,19,24H,2-9H2,1H3,(H,26,27)(H,28,29)(H,30,31)(H,32,33)(H3,18,21,22,25). The summed E-state index contributed by atoms with van der Waals surface area (Å²) in [6, 6.07) is 0. The lowest BCUT2D eigenvalue weighted by molar-refractivity contribution is -0.0423. The fourth-order valence-electron chi connectivity index (χ4n) is 3.76. The van der Waals surface area contributed by atoms with E-state index in [1.54, 1.807) is 7.05 Å². The number of hydrogen-bond acceptors (Lipinski definition) is 16. The number of aliphatic hydroxyl groups is 1. The van der Waals surface area contributed by atoms with Crippen molar-refractivity contribution in [2.24, 2.45) is 0 Å². The van der Waals surface area contributed by atoms with Gasteiger partial charge in [-0.25, -0.2) is 23.2 Å². The third kappa shape index (κ3) is 11.2. The van der Waals surface area contributed by atoms with Gasteiger partial charge in [0.1, 0.15) is 12.3 Å². The lowest BCUT2D eigenvalue weighted by Crippen LogP contribution is -2.26. The zero-order valence-electron chi connectivity index (χ0n) is 22.4. The van der Waals surface area contributed by atoms with Gasteiger partial charge in [-0.3, -0.25) is 23.4 Å². The van der Waals surface area contributed by atoms with Gasteiger partial charge < -0.3 is 40.5 Å². The lowest BCUT2D eigenvalue weighted by atomic mass is 10.2. The normalized spacial score (nSPS) is 24.7. The van der Waals surface area contributed by atoms with Crippen LogP contribution in [0, 0.1) is 0 Å². The predicted octanol–water partition coefficient (Wildman–Crippen LogP) is 0.615. The number of ether oxygens (including phenoxy) is 1. The Morgan fingerprint density at radius 1 is 1.02 bits per heavy atom. The molecule has 43 heavy (non-hydrogen) atoms. The first-order valence-corrected chi connectivity index (χ1v) is 18.4. The number of anilines is 1. The van der Waals surface area contributed by atoms with E-state index in [4.69, 9.17) is 10.5 Å². The summed E-state index contributed by atoms with van der Waals surface area (Å²) in [7, 11) is -20.9. The molecule has 0 aromatic carbocycles. The van der Waals surface area contributed by atoms with Crippen LogP contribution < -0.4 is 16.6 Å². The number of H-pyrrole nitrogens is 1. The molecule has 0 saturated carbocycles. The molecule has 0 bridgehead atoms. The van der Waals surface area contributed by atoms with Crippen molar-refractivity contribution < 1.29 is 69.7 Å². The van der Waals surface area contributed by atoms with E-state index in [-0.39, 0.29) is 36.6 Å². The number of phosphoric acid groups is 4. The maximum Gasteiger partial charge on any atom is 0.490 e. The number of rotatable bonds is 18. The summed E-state index contributed by atoms with van der Waals surface area (Å²) in [5.41, 5.74) is 4.85. The first-order valence-electron chi connectivity index (χ1n) is 12.4. The first kappa shape index (κ1) is 36.1. The van der Waals surface area contributed by atoms with Crippen LogP contribution in [0.25, 0.3) is 11.2 Å². The number of hydrogen-bond donors (Lipinski definition) is 8. The Morgan fingerprint density at radius 2 is 1.63 bits per heavy atom. The molecule has 1 aliphatic heterocycles. The Bertz CT molecular complexity index is 1500. The zero-order chi connectivity index (χ0) is 32.1. The van der Waals surface area contributed by atoms with Gasteiger partial charge in [0.15, 0.2) is 11.2 Å². The van der Waals surface area contributed by atoms with Crippen LogP contribution in [-0.4, -0.2) is 83.2 Å². The van der Waals surface area contributed by atoms with Crippen molar-refractivity contribution in [1.82, 2.24) is 24.8 Å². The van der Waals surface area contributed by atoms with Crippen LogP contribution in [0.15, 0.2) is 11.1 Å². The Labute approximate surface area is 242 Å². The van der Waals surface area contributed by atoms with Crippen molar-refractivity contribution in [3.63, 3.8) is 0 Å². The number of nitrogens with zero attached hydrogens (tertiary/aromatic N) is 3. The summed E-state index contributed by atoms with van der Waals surface area (Å²) in [4.78, 5) is 60.8. The number of imidazole rings is 1. The number of aliphatic hydroxyl groups excluding tert-OH is 1. The second-order valence-corrected chi connectivity index (χ2v) is 15.2. The number of nitrogens with one attached hydrogen (secondary N) is 2. The summed E-state index contributed by atoms with van der Waals surface area (Å²) in [5.74, 6) is -0.217. The largest absolute Gasteiger partial charge is 0.490 e. The molecule has 1 aliphatic rings. The van der Waals surface area contributed by atoms with E-state index in [1.165, 1.54) is 10.9 Å². The van der Waals surface area contributed by atoms with Crippen LogP contribution in [0.3, 0.4) is 0 Å². The summed E-state index contributed by atoms with van der Waals surface area (Å²) in [5, 5.41) is 13.3. The minimum Gasteiger partial charge on any atom is -0.390 e. The minimum absolute atomic E-state index is 0.0169. The fraction of sp³-hybridized carbons (Fsp3) is 0.706. The number of aromatic nitrogens is 4. The molecule has 7 atom stereocenters. The molecule has 7 unspecified atom stereocenters. The minimum atomic E-state index is -5.97. The molecule has 0 radical (unpaired) electrons. The van der Waals surface area contributed by atoms with Gasteiger partial charge >= 0.3 is 31.3 Å². The predicted molar refractivity (Wildman–Crippen MR) is 144 cm³/mol. The van der Waals surface area contributed by atoms with Crippen molar-refractivity contribution in [3.8, 4) is 0 Å². The summed E-state index contributed by atoms with van der Waals surface area (Å²) in [6.45, 7) is -0.520. The molecule has 3 rings (SSSR count). The monoisotopic (exact) mass is 700 g/mol. The van der Waals surface area contributed by atoms with Crippen LogP contribution in [0.4, 0.5) is 5.95 Å².